The first kappa shape index (κ1) is 13.5. The van der Waals surface area contributed by atoms with Gasteiger partial charge >= 0.3 is 6.09 Å². The molecule has 7 heteroatoms. The minimum Gasteiger partial charge on any atom is -0.473 e. The van der Waals surface area contributed by atoms with Crippen LogP contribution in [0.4, 0.5) is 4.79 Å². The maximum Gasteiger partial charge on any atom is 0.407 e. The molecule has 2 fully saturated rings. The number of hydrogen-bond donors (Lipinski definition) is 1. The summed E-state index contributed by atoms with van der Waals surface area (Å²) in [6.07, 6.45) is 1.61. The first-order chi connectivity index (χ1) is 9.61. The van der Waals surface area contributed by atoms with Crippen molar-refractivity contribution in [3.63, 3.8) is 0 Å². The summed E-state index contributed by atoms with van der Waals surface area (Å²) >= 11 is 5.79. The van der Waals surface area contributed by atoms with Gasteiger partial charge in [-0.3, -0.25) is 4.90 Å². The Hall–Kier alpha value is -1.53. The number of rotatable bonds is 2. The fourth-order valence-corrected chi connectivity index (χ4v) is 2.97. The van der Waals surface area contributed by atoms with Gasteiger partial charge < -0.3 is 14.7 Å². The molecule has 2 aliphatic heterocycles. The number of amides is 1. The average molecular weight is 298 g/mol. The Balaban J connectivity index is 1.59. The number of carboxylic acid groups (broad SMARTS) is 1. The van der Waals surface area contributed by atoms with Crippen LogP contribution in [0.3, 0.4) is 0 Å². The quantitative estimate of drug-likeness (QED) is 0.897. The second-order valence-corrected chi connectivity index (χ2v) is 5.60. The van der Waals surface area contributed by atoms with Crippen LogP contribution in [0.1, 0.15) is 6.42 Å². The molecule has 0 spiro atoms. The zero-order valence-electron chi connectivity index (χ0n) is 10.9. The molecule has 0 aromatic carbocycles. The molecule has 0 saturated carbocycles. The van der Waals surface area contributed by atoms with Crippen molar-refractivity contribution in [2.45, 2.75) is 18.6 Å². The van der Waals surface area contributed by atoms with E-state index in [9.17, 15) is 4.79 Å². The highest BCUT2D eigenvalue weighted by Crippen LogP contribution is 2.25. The van der Waals surface area contributed by atoms with Gasteiger partial charge in [-0.15, -0.1) is 0 Å². The molecule has 0 aliphatic carbocycles. The Morgan fingerprint density at radius 1 is 1.40 bits per heavy atom. The largest absolute Gasteiger partial charge is 0.473 e. The van der Waals surface area contributed by atoms with Crippen molar-refractivity contribution in [2.75, 3.05) is 26.2 Å². The van der Waals surface area contributed by atoms with E-state index in [1.165, 1.54) is 4.90 Å². The van der Waals surface area contributed by atoms with Gasteiger partial charge in [-0.25, -0.2) is 9.78 Å². The van der Waals surface area contributed by atoms with Gasteiger partial charge in [0.1, 0.15) is 6.10 Å². The molecule has 0 radical (unpaired) electrons. The van der Waals surface area contributed by atoms with Gasteiger partial charge in [0.2, 0.25) is 5.88 Å². The molecule has 0 unspecified atom stereocenters. The van der Waals surface area contributed by atoms with E-state index >= 15 is 0 Å². The Kier molecular flexibility index (Phi) is 3.67. The van der Waals surface area contributed by atoms with E-state index in [0.717, 1.165) is 19.5 Å². The molecule has 1 aromatic heterocycles. The minimum atomic E-state index is -0.839. The monoisotopic (exact) mass is 297 g/mol. The molecular formula is C13H16ClN3O3. The summed E-state index contributed by atoms with van der Waals surface area (Å²) in [6.45, 7) is 2.72. The third-order valence-electron chi connectivity index (χ3n) is 3.84. The molecule has 6 nitrogen and oxygen atoms in total. The topological polar surface area (TPSA) is 65.9 Å². The number of hydrogen-bond acceptors (Lipinski definition) is 4. The van der Waals surface area contributed by atoms with Gasteiger partial charge in [-0.2, -0.15) is 0 Å². The molecule has 1 aromatic rings. The van der Waals surface area contributed by atoms with Crippen LogP contribution in [-0.4, -0.2) is 64.3 Å². The van der Waals surface area contributed by atoms with Crippen molar-refractivity contribution in [3.8, 4) is 5.88 Å². The van der Waals surface area contributed by atoms with Crippen LogP contribution in [0.25, 0.3) is 0 Å². The molecule has 0 bridgehead atoms. The summed E-state index contributed by atoms with van der Waals surface area (Å²) in [7, 11) is 0. The maximum atomic E-state index is 11.0. The van der Waals surface area contributed by atoms with Gasteiger partial charge in [0.05, 0.1) is 5.02 Å². The zero-order valence-corrected chi connectivity index (χ0v) is 11.7. The summed E-state index contributed by atoms with van der Waals surface area (Å²) in [5.41, 5.74) is 0. The van der Waals surface area contributed by atoms with Gasteiger partial charge in [0, 0.05) is 50.9 Å². The van der Waals surface area contributed by atoms with Crippen molar-refractivity contribution in [3.05, 3.63) is 23.4 Å². The molecule has 20 heavy (non-hydrogen) atoms. The molecule has 1 amide bonds. The van der Waals surface area contributed by atoms with Gasteiger partial charge in [0.15, 0.2) is 0 Å². The number of pyridine rings is 1. The van der Waals surface area contributed by atoms with Gasteiger partial charge in [-0.1, -0.05) is 11.6 Å². The van der Waals surface area contributed by atoms with Crippen LogP contribution in [0.15, 0.2) is 18.3 Å². The third-order valence-corrected chi connectivity index (χ3v) is 4.06. The van der Waals surface area contributed by atoms with E-state index in [1.54, 1.807) is 18.3 Å². The highest BCUT2D eigenvalue weighted by Gasteiger charge is 2.38. The predicted octanol–water partition coefficient (Wildman–Crippen LogP) is 1.55. The van der Waals surface area contributed by atoms with Crippen molar-refractivity contribution >= 4 is 17.7 Å². The lowest BCUT2D eigenvalue weighted by molar-refractivity contribution is 0.0882. The third kappa shape index (κ3) is 2.81. The van der Waals surface area contributed by atoms with E-state index in [1.807, 2.05) is 0 Å². The Morgan fingerprint density at radius 3 is 2.95 bits per heavy atom. The maximum absolute atomic E-state index is 11.0. The normalized spacial score (nSPS) is 26.4. The number of ether oxygens (including phenoxy) is 1. The molecule has 108 valence electrons. The molecule has 2 atom stereocenters. The number of fused-ring (bicyclic) bond motifs is 1. The highest BCUT2D eigenvalue weighted by molar-refractivity contribution is 6.30. The molecule has 1 N–H and O–H groups in total. The first-order valence-corrected chi connectivity index (χ1v) is 7.00. The van der Waals surface area contributed by atoms with E-state index in [-0.39, 0.29) is 12.1 Å². The number of nitrogens with zero attached hydrogens (tertiary/aromatic N) is 3. The van der Waals surface area contributed by atoms with E-state index < -0.39 is 6.09 Å². The lowest BCUT2D eigenvalue weighted by atomic mass is 10.1. The number of aromatic nitrogens is 1. The fourth-order valence-electron chi connectivity index (χ4n) is 2.86. The standard InChI is InChI=1S/C13H16ClN3O3/c14-9-1-2-12(15-6-9)20-11-5-10-7-17(13(18)19)4-3-16(10)8-11/h1-2,6,10-11H,3-5,7-8H2,(H,18,19)/t10-,11-/m0/s1. The van der Waals surface area contributed by atoms with Crippen LogP contribution in [0.2, 0.25) is 5.02 Å². The fraction of sp³-hybridized carbons (Fsp3) is 0.538. The first-order valence-electron chi connectivity index (χ1n) is 6.62. The molecular weight excluding hydrogens is 282 g/mol. The highest BCUT2D eigenvalue weighted by atomic mass is 35.5. The van der Waals surface area contributed by atoms with Crippen molar-refractivity contribution < 1.29 is 14.6 Å². The Bertz CT molecular complexity index is 496. The second-order valence-electron chi connectivity index (χ2n) is 5.17. The number of halogens is 1. The number of carbonyl (C=O) groups is 1. The average Bonchev–Trinajstić information content (AvgIpc) is 2.82. The molecule has 2 saturated heterocycles. The van der Waals surface area contributed by atoms with Crippen molar-refractivity contribution in [2.24, 2.45) is 0 Å². The number of piperazine rings is 1. The van der Waals surface area contributed by atoms with Gasteiger partial charge in [-0.05, 0) is 6.07 Å². The summed E-state index contributed by atoms with van der Waals surface area (Å²) in [6, 6.07) is 3.75. The minimum absolute atomic E-state index is 0.0578. The van der Waals surface area contributed by atoms with Crippen LogP contribution < -0.4 is 4.74 Å². The summed E-state index contributed by atoms with van der Waals surface area (Å²) in [5, 5.41) is 9.62. The molecule has 3 heterocycles. The lowest BCUT2D eigenvalue weighted by Crippen LogP contribution is -2.51. The van der Waals surface area contributed by atoms with Crippen molar-refractivity contribution in [1.82, 2.24) is 14.8 Å². The van der Waals surface area contributed by atoms with Gasteiger partial charge in [0.25, 0.3) is 0 Å². The zero-order chi connectivity index (χ0) is 14.1. The summed E-state index contributed by atoms with van der Waals surface area (Å²) in [5.74, 6) is 0.564. The SMILES string of the molecule is O=C(O)N1CCN2C[C@@H](Oc3ccc(Cl)cn3)C[C@H]2C1. The van der Waals surface area contributed by atoms with Crippen LogP contribution >= 0.6 is 11.6 Å². The van der Waals surface area contributed by atoms with Crippen LogP contribution in [0.5, 0.6) is 5.88 Å². The predicted molar refractivity (Wildman–Crippen MR) is 73.2 cm³/mol. The van der Waals surface area contributed by atoms with Crippen LogP contribution in [0, 0.1) is 0 Å². The van der Waals surface area contributed by atoms with Crippen LogP contribution in [-0.2, 0) is 0 Å². The van der Waals surface area contributed by atoms with Crippen molar-refractivity contribution in [1.29, 1.82) is 0 Å². The van der Waals surface area contributed by atoms with E-state index in [2.05, 4.69) is 9.88 Å². The summed E-state index contributed by atoms with van der Waals surface area (Å²) in [4.78, 5) is 18.9. The van der Waals surface area contributed by atoms with E-state index in [0.29, 0.717) is 24.0 Å². The lowest BCUT2D eigenvalue weighted by Gasteiger charge is -2.35. The second kappa shape index (κ2) is 5.46. The molecule has 2 aliphatic rings. The Labute approximate surface area is 121 Å². The smallest absolute Gasteiger partial charge is 0.407 e. The molecule has 3 rings (SSSR count). The summed E-state index contributed by atoms with van der Waals surface area (Å²) < 4.78 is 5.84. The Morgan fingerprint density at radius 2 is 2.25 bits per heavy atom. The van der Waals surface area contributed by atoms with E-state index in [4.69, 9.17) is 21.4 Å².